The average molecular weight is 337 g/mol. The van der Waals surface area contributed by atoms with Crippen LogP contribution in [-0.2, 0) is 4.79 Å². The Bertz CT molecular complexity index is 621. The summed E-state index contributed by atoms with van der Waals surface area (Å²) in [4.78, 5) is 17.9. The van der Waals surface area contributed by atoms with Crippen molar-refractivity contribution in [3.05, 3.63) is 35.3 Å². The summed E-state index contributed by atoms with van der Waals surface area (Å²) in [6, 6.07) is 10.1. The van der Waals surface area contributed by atoms with Crippen molar-refractivity contribution in [2.75, 3.05) is 22.6 Å². The molecule has 1 aromatic heterocycles. The Morgan fingerprint density at radius 1 is 1.29 bits per heavy atom. The van der Waals surface area contributed by atoms with E-state index in [2.05, 4.69) is 10.3 Å². The second kappa shape index (κ2) is 6.85. The molecule has 1 N–H and O–H groups in total. The number of aromatic nitrogens is 1. The molecule has 1 saturated heterocycles. The molecule has 1 amide bonds. The fraction of sp³-hybridized carbons (Fsp3) is 0.333. The zero-order valence-corrected chi connectivity index (χ0v) is 14.1. The van der Waals surface area contributed by atoms with E-state index in [-0.39, 0.29) is 11.2 Å². The molecule has 1 atom stereocenters. The molecule has 1 aliphatic heterocycles. The number of aryl methyl sites for hydroxylation is 1. The number of hydrogen-bond donors (Lipinski definition) is 1. The molecule has 0 radical (unpaired) electrons. The summed E-state index contributed by atoms with van der Waals surface area (Å²) in [5.41, 5.74) is 1.10. The van der Waals surface area contributed by atoms with Crippen molar-refractivity contribution in [2.45, 2.75) is 12.2 Å². The first-order valence-electron chi connectivity index (χ1n) is 6.77. The van der Waals surface area contributed by atoms with Gasteiger partial charge >= 0.3 is 0 Å². The molecular weight excluding hydrogens is 320 g/mol. The second-order valence-corrected chi connectivity index (χ2v) is 8.36. The van der Waals surface area contributed by atoms with Crippen LogP contribution in [0.4, 0.5) is 5.82 Å². The summed E-state index contributed by atoms with van der Waals surface area (Å²) in [6.45, 7) is 1.97. The van der Waals surface area contributed by atoms with E-state index in [1.165, 1.54) is 0 Å². The first-order valence-corrected chi connectivity index (χ1v) is 9.79. The molecule has 1 unspecified atom stereocenters. The van der Waals surface area contributed by atoms with Gasteiger partial charge in [0.15, 0.2) is 5.82 Å². The lowest BCUT2D eigenvalue weighted by atomic mass is 10.2. The number of hydrogen-bond acceptors (Lipinski definition) is 5. The van der Waals surface area contributed by atoms with Gasteiger partial charge in [0, 0.05) is 17.3 Å². The zero-order valence-electron chi connectivity index (χ0n) is 11.7. The summed E-state index contributed by atoms with van der Waals surface area (Å²) in [6.07, 6.45) is 0. The Balaban J connectivity index is 1.81. The Morgan fingerprint density at radius 2 is 2.10 bits per heavy atom. The van der Waals surface area contributed by atoms with Gasteiger partial charge < -0.3 is 5.32 Å². The summed E-state index contributed by atoms with van der Waals surface area (Å²) in [5.74, 6) is 3.85. The summed E-state index contributed by atoms with van der Waals surface area (Å²) in [5, 5.41) is 4.03. The van der Waals surface area contributed by atoms with Gasteiger partial charge in [0.05, 0.1) is 15.1 Å². The molecule has 2 heterocycles. The van der Waals surface area contributed by atoms with Gasteiger partial charge in [-0.05, 0) is 12.5 Å². The van der Waals surface area contributed by atoms with E-state index in [0.717, 1.165) is 32.7 Å². The number of thiazole rings is 1. The second-order valence-electron chi connectivity index (χ2n) is 4.70. The molecule has 3 rings (SSSR count). The van der Waals surface area contributed by atoms with E-state index in [0.29, 0.717) is 5.82 Å². The van der Waals surface area contributed by atoms with E-state index in [9.17, 15) is 4.79 Å². The smallest absolute Gasteiger partial charge is 0.239 e. The predicted octanol–water partition coefficient (Wildman–Crippen LogP) is 3.91. The van der Waals surface area contributed by atoms with Crippen LogP contribution >= 0.6 is 34.9 Å². The van der Waals surface area contributed by atoms with Crippen molar-refractivity contribution in [3.63, 3.8) is 0 Å². The quantitative estimate of drug-likeness (QED) is 0.923. The van der Waals surface area contributed by atoms with Crippen LogP contribution in [0, 0.1) is 6.92 Å². The van der Waals surface area contributed by atoms with Crippen LogP contribution in [0.3, 0.4) is 0 Å². The van der Waals surface area contributed by atoms with Crippen molar-refractivity contribution >= 4 is 46.6 Å². The first-order chi connectivity index (χ1) is 10.2. The van der Waals surface area contributed by atoms with E-state index in [1.807, 2.05) is 49.0 Å². The number of benzene rings is 1. The van der Waals surface area contributed by atoms with Crippen molar-refractivity contribution in [1.29, 1.82) is 0 Å². The molecule has 0 aliphatic carbocycles. The Labute approximate surface area is 136 Å². The SMILES string of the molecule is Cc1nc(NC(=O)C2CSCCS2)c(-c2ccccc2)s1. The lowest BCUT2D eigenvalue weighted by Gasteiger charge is -2.19. The van der Waals surface area contributed by atoms with Gasteiger partial charge in [-0.15, -0.1) is 23.1 Å². The Morgan fingerprint density at radius 3 is 2.81 bits per heavy atom. The van der Waals surface area contributed by atoms with Crippen LogP contribution in [0.15, 0.2) is 30.3 Å². The number of amides is 1. The highest BCUT2D eigenvalue weighted by Crippen LogP contribution is 2.34. The number of carbonyl (C=O) groups excluding carboxylic acids is 1. The zero-order chi connectivity index (χ0) is 14.7. The standard InChI is InChI=1S/C15H16N2OS3/c1-10-16-14(13(21-10)11-5-3-2-4-6-11)17-15(18)12-9-19-7-8-20-12/h2-6,12H,7-9H2,1H3,(H,17,18). The third-order valence-electron chi connectivity index (χ3n) is 3.12. The van der Waals surface area contributed by atoms with Gasteiger partial charge in [-0.2, -0.15) is 11.8 Å². The van der Waals surface area contributed by atoms with Crippen LogP contribution in [-0.4, -0.2) is 33.4 Å². The minimum Gasteiger partial charge on any atom is -0.308 e. The van der Waals surface area contributed by atoms with Crippen LogP contribution < -0.4 is 5.32 Å². The van der Waals surface area contributed by atoms with Gasteiger partial charge in [-0.25, -0.2) is 4.98 Å². The molecule has 1 aromatic carbocycles. The molecule has 0 bridgehead atoms. The highest BCUT2D eigenvalue weighted by Gasteiger charge is 2.24. The monoisotopic (exact) mass is 336 g/mol. The van der Waals surface area contributed by atoms with Gasteiger partial charge in [0.2, 0.25) is 5.91 Å². The van der Waals surface area contributed by atoms with Gasteiger partial charge in [-0.1, -0.05) is 30.3 Å². The third kappa shape index (κ3) is 3.62. The molecule has 3 nitrogen and oxygen atoms in total. The van der Waals surface area contributed by atoms with E-state index < -0.39 is 0 Å². The van der Waals surface area contributed by atoms with Crippen molar-refractivity contribution < 1.29 is 4.79 Å². The number of thioether (sulfide) groups is 2. The maximum absolute atomic E-state index is 12.4. The van der Waals surface area contributed by atoms with Crippen molar-refractivity contribution in [2.24, 2.45) is 0 Å². The summed E-state index contributed by atoms with van der Waals surface area (Å²) < 4.78 is 0. The molecule has 2 aromatic rings. The third-order valence-corrected chi connectivity index (χ3v) is 6.89. The predicted molar refractivity (Wildman–Crippen MR) is 94.5 cm³/mol. The van der Waals surface area contributed by atoms with E-state index in [1.54, 1.807) is 23.1 Å². The molecular formula is C15H16N2OS3. The maximum atomic E-state index is 12.4. The summed E-state index contributed by atoms with van der Waals surface area (Å²) in [7, 11) is 0. The van der Waals surface area contributed by atoms with E-state index >= 15 is 0 Å². The average Bonchev–Trinajstić information content (AvgIpc) is 2.89. The molecule has 6 heteroatoms. The molecule has 0 spiro atoms. The van der Waals surface area contributed by atoms with Gasteiger partial charge in [0.25, 0.3) is 0 Å². The first kappa shape index (κ1) is 14.9. The minimum absolute atomic E-state index is 0.0365. The number of anilines is 1. The lowest BCUT2D eigenvalue weighted by Crippen LogP contribution is -2.30. The molecule has 0 saturated carbocycles. The molecule has 110 valence electrons. The topological polar surface area (TPSA) is 42.0 Å². The van der Waals surface area contributed by atoms with E-state index in [4.69, 9.17) is 0 Å². The maximum Gasteiger partial charge on any atom is 0.239 e. The molecule has 21 heavy (non-hydrogen) atoms. The molecule has 1 aliphatic rings. The number of nitrogens with one attached hydrogen (secondary N) is 1. The summed E-state index contributed by atoms with van der Waals surface area (Å²) >= 11 is 5.21. The fourth-order valence-electron chi connectivity index (χ4n) is 2.13. The Kier molecular flexibility index (Phi) is 4.87. The van der Waals surface area contributed by atoms with Crippen molar-refractivity contribution in [1.82, 2.24) is 4.98 Å². The van der Waals surface area contributed by atoms with Gasteiger partial charge in [-0.3, -0.25) is 4.79 Å². The number of rotatable bonds is 3. The highest BCUT2D eigenvalue weighted by atomic mass is 32.2. The fourth-order valence-corrected chi connectivity index (χ4v) is 5.57. The Hall–Kier alpha value is -0.980. The minimum atomic E-state index is 0.0365. The van der Waals surface area contributed by atoms with Crippen LogP contribution in [0.1, 0.15) is 5.01 Å². The lowest BCUT2D eigenvalue weighted by molar-refractivity contribution is -0.115. The normalized spacial score (nSPS) is 18.4. The molecule has 1 fully saturated rings. The van der Waals surface area contributed by atoms with Gasteiger partial charge in [0.1, 0.15) is 0 Å². The van der Waals surface area contributed by atoms with Crippen LogP contribution in [0.2, 0.25) is 0 Å². The van der Waals surface area contributed by atoms with Crippen molar-refractivity contribution in [3.8, 4) is 10.4 Å². The largest absolute Gasteiger partial charge is 0.308 e. The number of carbonyl (C=O) groups is 1. The highest BCUT2D eigenvalue weighted by molar-refractivity contribution is 8.07. The van der Waals surface area contributed by atoms with Crippen LogP contribution in [0.25, 0.3) is 10.4 Å². The number of nitrogens with zero attached hydrogens (tertiary/aromatic N) is 1. The van der Waals surface area contributed by atoms with Crippen LogP contribution in [0.5, 0.6) is 0 Å².